The first-order chi connectivity index (χ1) is 14.6. The SMILES string of the molecule is COc1c(C)cccc1CNc1cc(-c2cn[nH]c2[C@@H]2CCN(C(C)=O)C2)ccn1. The van der Waals surface area contributed by atoms with Gasteiger partial charge < -0.3 is 15.0 Å². The summed E-state index contributed by atoms with van der Waals surface area (Å²) >= 11 is 0. The Bertz CT molecular complexity index is 1050. The number of para-hydroxylation sites is 1. The van der Waals surface area contributed by atoms with Gasteiger partial charge in [0.05, 0.1) is 13.3 Å². The number of aromatic amines is 1. The summed E-state index contributed by atoms with van der Waals surface area (Å²) in [5.74, 6) is 2.09. The molecule has 1 saturated heterocycles. The lowest BCUT2D eigenvalue weighted by Gasteiger charge is -2.15. The standard InChI is InChI=1S/C23H27N5O2/c1-15-5-4-6-18(23(15)30-3)12-25-21-11-17(7-9-24-21)20-13-26-27-22(20)19-8-10-28(14-19)16(2)29/h4-7,9,11,13,19H,8,10,12,14H2,1-3H3,(H,24,25)(H,26,27)/t19-/m1/s1. The highest BCUT2D eigenvalue weighted by Crippen LogP contribution is 2.34. The summed E-state index contributed by atoms with van der Waals surface area (Å²) in [5, 5.41) is 10.8. The van der Waals surface area contributed by atoms with E-state index >= 15 is 0 Å². The zero-order valence-corrected chi connectivity index (χ0v) is 17.6. The minimum absolute atomic E-state index is 0.125. The van der Waals surface area contributed by atoms with Crippen LogP contribution in [0.1, 0.15) is 36.1 Å². The van der Waals surface area contributed by atoms with E-state index in [1.165, 1.54) is 0 Å². The smallest absolute Gasteiger partial charge is 0.219 e. The summed E-state index contributed by atoms with van der Waals surface area (Å²) in [4.78, 5) is 18.1. The van der Waals surface area contributed by atoms with Crippen molar-refractivity contribution in [3.8, 4) is 16.9 Å². The van der Waals surface area contributed by atoms with Crippen LogP contribution in [0.15, 0.2) is 42.7 Å². The van der Waals surface area contributed by atoms with E-state index in [1.54, 1.807) is 20.2 Å². The van der Waals surface area contributed by atoms with E-state index in [4.69, 9.17) is 4.74 Å². The molecule has 0 saturated carbocycles. The average molecular weight is 406 g/mol. The van der Waals surface area contributed by atoms with Gasteiger partial charge in [0.2, 0.25) is 5.91 Å². The number of ether oxygens (including phenoxy) is 1. The third-order valence-corrected chi connectivity index (χ3v) is 5.74. The molecule has 0 unspecified atom stereocenters. The number of rotatable bonds is 6. The molecule has 1 aromatic carbocycles. The molecule has 7 heteroatoms. The van der Waals surface area contributed by atoms with Crippen molar-refractivity contribution in [1.29, 1.82) is 0 Å². The molecule has 3 heterocycles. The molecule has 4 rings (SSSR count). The number of amides is 1. The van der Waals surface area contributed by atoms with Crippen LogP contribution >= 0.6 is 0 Å². The fourth-order valence-electron chi connectivity index (χ4n) is 4.14. The molecule has 0 radical (unpaired) electrons. The molecule has 1 atom stereocenters. The zero-order valence-electron chi connectivity index (χ0n) is 17.6. The summed E-state index contributed by atoms with van der Waals surface area (Å²) in [6.45, 7) is 5.81. The predicted molar refractivity (Wildman–Crippen MR) is 116 cm³/mol. The molecule has 1 aliphatic rings. The first-order valence-corrected chi connectivity index (χ1v) is 10.2. The summed E-state index contributed by atoms with van der Waals surface area (Å²) in [6, 6.07) is 10.1. The number of aryl methyl sites for hydroxylation is 1. The maximum Gasteiger partial charge on any atom is 0.219 e. The largest absolute Gasteiger partial charge is 0.496 e. The van der Waals surface area contributed by atoms with Crippen LogP contribution in [0.3, 0.4) is 0 Å². The number of pyridine rings is 1. The number of aromatic nitrogens is 3. The summed E-state index contributed by atoms with van der Waals surface area (Å²) in [5.41, 5.74) is 5.38. The van der Waals surface area contributed by atoms with Crippen LogP contribution in [-0.4, -0.2) is 46.2 Å². The Hall–Kier alpha value is -3.35. The highest BCUT2D eigenvalue weighted by Gasteiger charge is 2.28. The number of anilines is 1. The Balaban J connectivity index is 1.52. The molecule has 3 aromatic rings. The van der Waals surface area contributed by atoms with Crippen LogP contribution in [0, 0.1) is 6.92 Å². The van der Waals surface area contributed by atoms with Crippen LogP contribution in [0.5, 0.6) is 5.75 Å². The number of methoxy groups -OCH3 is 1. The lowest BCUT2D eigenvalue weighted by Crippen LogP contribution is -2.25. The third-order valence-electron chi connectivity index (χ3n) is 5.74. The van der Waals surface area contributed by atoms with Crippen molar-refractivity contribution in [3.05, 3.63) is 59.5 Å². The quantitative estimate of drug-likeness (QED) is 0.653. The molecule has 1 fully saturated rings. The van der Waals surface area contributed by atoms with Gasteiger partial charge in [0.1, 0.15) is 11.6 Å². The maximum absolute atomic E-state index is 11.7. The van der Waals surface area contributed by atoms with Crippen molar-refractivity contribution < 1.29 is 9.53 Å². The normalized spacial score (nSPS) is 16.0. The highest BCUT2D eigenvalue weighted by molar-refractivity contribution is 5.74. The Morgan fingerprint density at radius 3 is 3.00 bits per heavy atom. The van der Waals surface area contributed by atoms with Gasteiger partial charge >= 0.3 is 0 Å². The van der Waals surface area contributed by atoms with Crippen molar-refractivity contribution in [2.24, 2.45) is 0 Å². The van der Waals surface area contributed by atoms with Gasteiger partial charge in [0, 0.05) is 55.5 Å². The molecule has 0 aliphatic carbocycles. The topological polar surface area (TPSA) is 83.1 Å². The molecule has 30 heavy (non-hydrogen) atoms. The minimum atomic E-state index is 0.125. The molecule has 2 N–H and O–H groups in total. The van der Waals surface area contributed by atoms with Crippen molar-refractivity contribution in [2.75, 3.05) is 25.5 Å². The van der Waals surface area contributed by atoms with E-state index in [2.05, 4.69) is 26.6 Å². The number of benzene rings is 1. The lowest BCUT2D eigenvalue weighted by atomic mass is 9.97. The van der Waals surface area contributed by atoms with Gasteiger partial charge in [-0.15, -0.1) is 0 Å². The molecule has 0 bridgehead atoms. The van der Waals surface area contributed by atoms with Crippen LogP contribution in [-0.2, 0) is 11.3 Å². The number of likely N-dealkylation sites (tertiary alicyclic amines) is 1. The second kappa shape index (κ2) is 8.57. The molecule has 2 aromatic heterocycles. The van der Waals surface area contributed by atoms with Gasteiger partial charge in [-0.05, 0) is 36.6 Å². The van der Waals surface area contributed by atoms with E-state index < -0.39 is 0 Å². The molecule has 0 spiro atoms. The Morgan fingerprint density at radius 1 is 1.37 bits per heavy atom. The summed E-state index contributed by atoms with van der Waals surface area (Å²) in [6.07, 6.45) is 4.60. The van der Waals surface area contributed by atoms with Crippen LogP contribution in [0.2, 0.25) is 0 Å². The molecule has 1 amide bonds. The van der Waals surface area contributed by atoms with Gasteiger partial charge in [-0.3, -0.25) is 9.89 Å². The predicted octanol–water partition coefficient (Wildman–Crippen LogP) is 3.74. The Labute approximate surface area is 176 Å². The van der Waals surface area contributed by atoms with Crippen LogP contribution < -0.4 is 10.1 Å². The van der Waals surface area contributed by atoms with Gasteiger partial charge in [-0.25, -0.2) is 4.98 Å². The van der Waals surface area contributed by atoms with E-state index in [1.807, 2.05) is 42.3 Å². The molecule has 7 nitrogen and oxygen atoms in total. The van der Waals surface area contributed by atoms with E-state index in [0.717, 1.165) is 59.0 Å². The van der Waals surface area contributed by atoms with Gasteiger partial charge in [-0.2, -0.15) is 5.10 Å². The molecular weight excluding hydrogens is 378 g/mol. The van der Waals surface area contributed by atoms with Crippen molar-refractivity contribution >= 4 is 11.7 Å². The fourth-order valence-corrected chi connectivity index (χ4v) is 4.14. The zero-order chi connectivity index (χ0) is 21.1. The molecule has 1 aliphatic heterocycles. The van der Waals surface area contributed by atoms with Gasteiger partial charge in [0.25, 0.3) is 0 Å². The van der Waals surface area contributed by atoms with Crippen molar-refractivity contribution in [1.82, 2.24) is 20.1 Å². The molecular formula is C23H27N5O2. The van der Waals surface area contributed by atoms with Crippen LogP contribution in [0.25, 0.3) is 11.1 Å². The number of nitrogens with one attached hydrogen (secondary N) is 2. The van der Waals surface area contributed by atoms with Crippen molar-refractivity contribution in [2.45, 2.75) is 32.7 Å². The van der Waals surface area contributed by atoms with Gasteiger partial charge in [-0.1, -0.05) is 18.2 Å². The van der Waals surface area contributed by atoms with Crippen LogP contribution in [0.4, 0.5) is 5.82 Å². The highest BCUT2D eigenvalue weighted by atomic mass is 16.5. The van der Waals surface area contributed by atoms with E-state index in [0.29, 0.717) is 6.54 Å². The van der Waals surface area contributed by atoms with E-state index in [9.17, 15) is 4.79 Å². The maximum atomic E-state index is 11.7. The number of hydrogen-bond donors (Lipinski definition) is 2. The number of nitrogens with zero attached hydrogens (tertiary/aromatic N) is 3. The number of carbonyl (C=O) groups is 1. The monoisotopic (exact) mass is 405 g/mol. The Kier molecular flexibility index (Phi) is 5.70. The average Bonchev–Trinajstić information content (AvgIpc) is 3.42. The summed E-state index contributed by atoms with van der Waals surface area (Å²) in [7, 11) is 1.70. The number of hydrogen-bond acceptors (Lipinski definition) is 5. The summed E-state index contributed by atoms with van der Waals surface area (Å²) < 4.78 is 5.54. The minimum Gasteiger partial charge on any atom is -0.496 e. The third kappa shape index (κ3) is 4.01. The second-order valence-electron chi connectivity index (χ2n) is 7.70. The second-order valence-corrected chi connectivity index (χ2v) is 7.70. The first-order valence-electron chi connectivity index (χ1n) is 10.2. The lowest BCUT2D eigenvalue weighted by molar-refractivity contribution is -0.127. The van der Waals surface area contributed by atoms with Gasteiger partial charge in [0.15, 0.2) is 0 Å². The van der Waals surface area contributed by atoms with Crippen molar-refractivity contribution in [3.63, 3.8) is 0 Å². The first kappa shape index (κ1) is 19.9. The number of carbonyl (C=O) groups excluding carboxylic acids is 1. The fraction of sp³-hybridized carbons (Fsp3) is 0.348. The molecule has 156 valence electrons. The number of H-pyrrole nitrogens is 1. The Morgan fingerprint density at radius 2 is 2.23 bits per heavy atom. The van der Waals surface area contributed by atoms with E-state index in [-0.39, 0.29) is 11.8 Å².